The van der Waals surface area contributed by atoms with Crippen LogP contribution in [0.15, 0.2) is 30.3 Å². The zero-order valence-electron chi connectivity index (χ0n) is 15.4. The van der Waals surface area contributed by atoms with Gasteiger partial charge >= 0.3 is 0 Å². The summed E-state index contributed by atoms with van der Waals surface area (Å²) in [5.41, 5.74) is 1.55. The molecule has 0 fully saturated rings. The van der Waals surface area contributed by atoms with Gasteiger partial charge in [-0.25, -0.2) is 9.97 Å². The molecule has 0 radical (unpaired) electrons. The monoisotopic (exact) mass is 342 g/mol. The average molecular weight is 342 g/mol. The molecule has 134 valence electrons. The van der Waals surface area contributed by atoms with E-state index in [0.29, 0.717) is 18.1 Å². The minimum atomic E-state index is -0.174. The number of benzene rings is 1. The molecule has 0 aliphatic heterocycles. The van der Waals surface area contributed by atoms with Crippen molar-refractivity contribution in [1.29, 1.82) is 0 Å². The Morgan fingerprint density at radius 3 is 2.44 bits per heavy atom. The van der Waals surface area contributed by atoms with Crippen LogP contribution in [0.5, 0.6) is 5.75 Å². The Morgan fingerprint density at radius 1 is 1.16 bits per heavy atom. The summed E-state index contributed by atoms with van der Waals surface area (Å²) in [6.07, 6.45) is 0.753. The van der Waals surface area contributed by atoms with Crippen LogP contribution in [0.2, 0.25) is 0 Å². The molecule has 0 spiro atoms. The third-order valence-corrected chi connectivity index (χ3v) is 4.00. The number of ether oxygens (including phenoxy) is 1. The fourth-order valence-corrected chi connectivity index (χ4v) is 2.58. The molecule has 0 aliphatic carbocycles. The molecule has 0 saturated carbocycles. The Labute approximate surface area is 149 Å². The summed E-state index contributed by atoms with van der Waals surface area (Å²) in [5.74, 6) is 2.04. The number of nitrogens with one attached hydrogen (secondary N) is 1. The van der Waals surface area contributed by atoms with Gasteiger partial charge in [-0.05, 0) is 44.9 Å². The predicted molar refractivity (Wildman–Crippen MR) is 99.4 cm³/mol. The summed E-state index contributed by atoms with van der Waals surface area (Å²) in [5, 5.41) is 2.93. The maximum absolute atomic E-state index is 12.4. The smallest absolute Gasteiger partial charge is 0.270 e. The van der Waals surface area contributed by atoms with Crippen molar-refractivity contribution in [2.75, 3.05) is 31.6 Å². The van der Waals surface area contributed by atoms with Crippen LogP contribution >= 0.6 is 0 Å². The van der Waals surface area contributed by atoms with Crippen molar-refractivity contribution in [3.63, 3.8) is 0 Å². The fourth-order valence-electron chi connectivity index (χ4n) is 2.58. The van der Waals surface area contributed by atoms with Gasteiger partial charge < -0.3 is 15.0 Å². The molecular formula is C19H26N4O2. The summed E-state index contributed by atoms with van der Waals surface area (Å²) < 4.78 is 5.14. The van der Waals surface area contributed by atoms with Crippen molar-refractivity contribution in [2.24, 2.45) is 0 Å². The maximum Gasteiger partial charge on any atom is 0.270 e. The second-order valence-corrected chi connectivity index (χ2v) is 5.68. The Kier molecular flexibility index (Phi) is 6.74. The van der Waals surface area contributed by atoms with Gasteiger partial charge in [0.2, 0.25) is 0 Å². The van der Waals surface area contributed by atoms with E-state index in [1.54, 1.807) is 20.1 Å². The van der Waals surface area contributed by atoms with Gasteiger partial charge in [-0.1, -0.05) is 12.1 Å². The van der Waals surface area contributed by atoms with Gasteiger partial charge in [0.05, 0.1) is 7.11 Å². The number of hydrogen-bond acceptors (Lipinski definition) is 5. The van der Waals surface area contributed by atoms with E-state index in [1.165, 1.54) is 0 Å². The molecule has 0 saturated heterocycles. The molecule has 0 unspecified atom stereocenters. The number of aryl methyl sites for hydroxylation is 1. The predicted octanol–water partition coefficient (Wildman–Crippen LogP) is 2.61. The van der Waals surface area contributed by atoms with Crippen molar-refractivity contribution in [2.45, 2.75) is 27.2 Å². The lowest BCUT2D eigenvalue weighted by atomic mass is 10.1. The third-order valence-electron chi connectivity index (χ3n) is 4.00. The minimum Gasteiger partial charge on any atom is -0.497 e. The number of rotatable bonds is 8. The molecule has 0 aliphatic rings. The zero-order valence-corrected chi connectivity index (χ0v) is 15.4. The lowest BCUT2D eigenvalue weighted by molar-refractivity contribution is 0.0948. The van der Waals surface area contributed by atoms with Crippen LogP contribution in [0.1, 0.15) is 35.7 Å². The van der Waals surface area contributed by atoms with Crippen LogP contribution in [0.25, 0.3) is 0 Å². The third kappa shape index (κ3) is 5.17. The first-order valence-corrected chi connectivity index (χ1v) is 8.59. The van der Waals surface area contributed by atoms with Gasteiger partial charge in [0, 0.05) is 25.7 Å². The summed E-state index contributed by atoms with van der Waals surface area (Å²) in [6, 6.07) is 9.59. The van der Waals surface area contributed by atoms with Gasteiger partial charge in [-0.15, -0.1) is 0 Å². The molecule has 1 heterocycles. The molecule has 0 bridgehead atoms. The van der Waals surface area contributed by atoms with Gasteiger partial charge in [0.15, 0.2) is 0 Å². The number of nitrogens with zero attached hydrogens (tertiary/aromatic N) is 3. The second-order valence-electron chi connectivity index (χ2n) is 5.68. The molecule has 2 rings (SSSR count). The van der Waals surface area contributed by atoms with Crippen molar-refractivity contribution >= 4 is 11.7 Å². The second kappa shape index (κ2) is 9.01. The molecule has 1 N–H and O–H groups in total. The maximum atomic E-state index is 12.4. The van der Waals surface area contributed by atoms with Crippen LogP contribution in [-0.2, 0) is 6.42 Å². The average Bonchev–Trinajstić information content (AvgIpc) is 2.63. The van der Waals surface area contributed by atoms with E-state index in [-0.39, 0.29) is 5.91 Å². The molecule has 6 nitrogen and oxygen atoms in total. The van der Waals surface area contributed by atoms with Crippen LogP contribution in [-0.4, -0.2) is 42.6 Å². The topological polar surface area (TPSA) is 67.4 Å². The minimum absolute atomic E-state index is 0.174. The highest BCUT2D eigenvalue weighted by atomic mass is 16.5. The first-order valence-electron chi connectivity index (χ1n) is 8.59. The van der Waals surface area contributed by atoms with Crippen LogP contribution in [0.3, 0.4) is 0 Å². The number of anilines is 1. The van der Waals surface area contributed by atoms with Crippen LogP contribution in [0, 0.1) is 6.92 Å². The van der Waals surface area contributed by atoms with E-state index >= 15 is 0 Å². The number of methoxy groups -OCH3 is 1. The van der Waals surface area contributed by atoms with Gasteiger partial charge in [-0.3, -0.25) is 4.79 Å². The summed E-state index contributed by atoms with van der Waals surface area (Å²) in [7, 11) is 1.64. The van der Waals surface area contributed by atoms with Crippen molar-refractivity contribution in [3.8, 4) is 5.75 Å². The number of carbonyl (C=O) groups excluding carboxylic acids is 1. The summed E-state index contributed by atoms with van der Waals surface area (Å²) in [4.78, 5) is 23.2. The number of carbonyl (C=O) groups is 1. The van der Waals surface area contributed by atoms with Crippen LogP contribution in [0.4, 0.5) is 5.82 Å². The highest BCUT2D eigenvalue weighted by Crippen LogP contribution is 2.13. The first-order chi connectivity index (χ1) is 12.1. The van der Waals surface area contributed by atoms with E-state index in [1.807, 2.05) is 24.3 Å². The van der Waals surface area contributed by atoms with Crippen LogP contribution < -0.4 is 15.0 Å². The highest BCUT2D eigenvalue weighted by Gasteiger charge is 2.12. The molecule has 2 aromatic rings. The number of aromatic nitrogens is 2. The highest BCUT2D eigenvalue weighted by molar-refractivity contribution is 5.92. The van der Waals surface area contributed by atoms with Gasteiger partial charge in [0.1, 0.15) is 23.1 Å². The number of amides is 1. The largest absolute Gasteiger partial charge is 0.497 e. The van der Waals surface area contributed by atoms with E-state index in [2.05, 4.69) is 34.0 Å². The van der Waals surface area contributed by atoms with Gasteiger partial charge in [0.25, 0.3) is 5.91 Å². The Bertz CT molecular complexity index is 697. The molecule has 6 heteroatoms. The Balaban J connectivity index is 1.97. The van der Waals surface area contributed by atoms with E-state index in [0.717, 1.165) is 36.6 Å². The first kappa shape index (κ1) is 18.7. The molecule has 0 atom stereocenters. The fraction of sp³-hybridized carbons (Fsp3) is 0.421. The van der Waals surface area contributed by atoms with Crippen molar-refractivity contribution < 1.29 is 9.53 Å². The molecule has 25 heavy (non-hydrogen) atoms. The Morgan fingerprint density at radius 2 is 1.84 bits per heavy atom. The van der Waals surface area contributed by atoms with Crippen molar-refractivity contribution in [1.82, 2.24) is 15.3 Å². The lowest BCUT2D eigenvalue weighted by Crippen LogP contribution is -2.28. The van der Waals surface area contributed by atoms with E-state index in [9.17, 15) is 4.79 Å². The SMILES string of the molecule is CCN(CC)c1cc(C(=O)NCCc2ccc(OC)cc2)nc(C)n1. The molecular weight excluding hydrogens is 316 g/mol. The standard InChI is InChI=1S/C19H26N4O2/c1-5-23(6-2)18-13-17(21-14(3)22-18)19(24)20-12-11-15-7-9-16(25-4)10-8-15/h7-10,13H,5-6,11-12H2,1-4H3,(H,20,24). The zero-order chi connectivity index (χ0) is 18.2. The van der Waals surface area contributed by atoms with E-state index < -0.39 is 0 Å². The Hall–Kier alpha value is -2.63. The molecule has 1 amide bonds. The van der Waals surface area contributed by atoms with E-state index in [4.69, 9.17) is 4.74 Å². The molecule has 1 aromatic heterocycles. The number of hydrogen-bond donors (Lipinski definition) is 1. The normalized spacial score (nSPS) is 10.4. The van der Waals surface area contributed by atoms with Gasteiger partial charge in [-0.2, -0.15) is 0 Å². The van der Waals surface area contributed by atoms with Crippen molar-refractivity contribution in [3.05, 3.63) is 47.4 Å². The summed E-state index contributed by atoms with van der Waals surface area (Å²) in [6.45, 7) is 8.16. The summed E-state index contributed by atoms with van der Waals surface area (Å²) >= 11 is 0. The quantitative estimate of drug-likeness (QED) is 0.799. The molecule has 1 aromatic carbocycles. The lowest BCUT2D eigenvalue weighted by Gasteiger charge is -2.20.